The molecule has 0 radical (unpaired) electrons. The van der Waals surface area contributed by atoms with Crippen LogP contribution in [0.3, 0.4) is 0 Å². The predicted octanol–water partition coefficient (Wildman–Crippen LogP) is 1.81. The van der Waals surface area contributed by atoms with Crippen molar-refractivity contribution in [1.29, 1.82) is 0 Å². The van der Waals surface area contributed by atoms with Crippen molar-refractivity contribution in [3.05, 3.63) is 36.4 Å². The zero-order chi connectivity index (χ0) is 15.4. The van der Waals surface area contributed by atoms with Gasteiger partial charge in [0.05, 0.1) is 7.11 Å². The minimum atomic E-state index is -0.904. The maximum Gasteiger partial charge on any atom is 0.318 e. The van der Waals surface area contributed by atoms with Gasteiger partial charge in [0.1, 0.15) is 11.5 Å². The fourth-order valence-electron chi connectivity index (χ4n) is 1.88. The maximum atomic E-state index is 11.6. The van der Waals surface area contributed by atoms with Gasteiger partial charge < -0.3 is 15.2 Å². The van der Waals surface area contributed by atoms with Gasteiger partial charge in [0.2, 0.25) is 0 Å². The van der Waals surface area contributed by atoms with Crippen LogP contribution in [-0.2, 0) is 4.79 Å². The summed E-state index contributed by atoms with van der Waals surface area (Å²) in [5.74, 6) is 0.662. The first-order chi connectivity index (χ1) is 9.99. The molecule has 110 valence electrons. The van der Waals surface area contributed by atoms with Crippen LogP contribution in [-0.4, -0.2) is 25.2 Å². The maximum absolute atomic E-state index is 11.6. The quantitative estimate of drug-likeness (QED) is 0.897. The molecule has 0 aliphatic carbocycles. The molecule has 0 fully saturated rings. The number of primary amides is 1. The summed E-state index contributed by atoms with van der Waals surface area (Å²) in [5.41, 5.74) is 4.89. The second-order valence-electron chi connectivity index (χ2n) is 4.49. The number of carbonyl (C=O) groups excluding carboxylic acids is 2. The Hall–Kier alpha value is -2.76. The average molecular weight is 288 g/mol. The van der Waals surface area contributed by atoms with Gasteiger partial charge in [-0.1, -0.05) is 12.1 Å². The molecule has 2 rings (SSSR count). The molecule has 0 saturated heterocycles. The van der Waals surface area contributed by atoms with Gasteiger partial charge in [-0.15, -0.1) is 0 Å². The second-order valence-corrected chi connectivity index (χ2v) is 4.49. The largest absolute Gasteiger partial charge is 0.497 e. The number of hydrogen-bond donors (Lipinski definition) is 2. The van der Waals surface area contributed by atoms with E-state index in [1.165, 1.54) is 6.92 Å². The minimum absolute atomic E-state index is 0.517. The van der Waals surface area contributed by atoms with Gasteiger partial charge in [0.25, 0.3) is 5.91 Å². The van der Waals surface area contributed by atoms with Crippen LogP contribution in [0, 0.1) is 0 Å². The molecule has 6 heteroatoms. The smallest absolute Gasteiger partial charge is 0.318 e. The van der Waals surface area contributed by atoms with Crippen molar-refractivity contribution in [2.75, 3.05) is 7.11 Å². The first-order valence-corrected chi connectivity index (χ1v) is 6.34. The van der Waals surface area contributed by atoms with Crippen LogP contribution in [0.25, 0.3) is 10.8 Å². The Morgan fingerprint density at radius 3 is 2.33 bits per heavy atom. The molecule has 2 aromatic rings. The number of rotatable bonds is 4. The molecule has 0 aliphatic heterocycles. The lowest BCUT2D eigenvalue weighted by atomic mass is 10.1. The monoisotopic (exact) mass is 288 g/mol. The molecule has 0 spiro atoms. The fourth-order valence-corrected chi connectivity index (χ4v) is 1.88. The lowest BCUT2D eigenvalue weighted by Gasteiger charge is -2.14. The van der Waals surface area contributed by atoms with Crippen LogP contribution in [0.1, 0.15) is 6.92 Å². The third-order valence-electron chi connectivity index (χ3n) is 2.95. The Labute approximate surface area is 121 Å². The van der Waals surface area contributed by atoms with Gasteiger partial charge in [-0.3, -0.25) is 10.1 Å². The Kier molecular flexibility index (Phi) is 4.27. The topological polar surface area (TPSA) is 90.7 Å². The number of hydrogen-bond acceptors (Lipinski definition) is 4. The second kappa shape index (κ2) is 6.13. The van der Waals surface area contributed by atoms with E-state index >= 15 is 0 Å². The van der Waals surface area contributed by atoms with E-state index in [0.29, 0.717) is 5.75 Å². The van der Waals surface area contributed by atoms with Crippen LogP contribution in [0.2, 0.25) is 0 Å². The predicted molar refractivity (Wildman–Crippen MR) is 78.3 cm³/mol. The Balaban J connectivity index is 2.18. The Morgan fingerprint density at radius 1 is 1.10 bits per heavy atom. The number of urea groups is 1. The zero-order valence-corrected chi connectivity index (χ0v) is 11.8. The number of ether oxygens (including phenoxy) is 2. The number of nitrogens with two attached hydrogens (primary N) is 1. The molecular formula is C15H16N2O4. The van der Waals surface area contributed by atoms with Crippen LogP contribution < -0.4 is 20.5 Å². The van der Waals surface area contributed by atoms with Crippen LogP contribution >= 0.6 is 0 Å². The molecule has 3 N–H and O–H groups in total. The number of imide groups is 1. The summed E-state index contributed by atoms with van der Waals surface area (Å²) in [7, 11) is 1.59. The summed E-state index contributed by atoms with van der Waals surface area (Å²) in [6.45, 7) is 1.54. The highest BCUT2D eigenvalue weighted by Crippen LogP contribution is 2.25. The number of methoxy groups -OCH3 is 1. The van der Waals surface area contributed by atoms with Crippen molar-refractivity contribution in [3.8, 4) is 11.5 Å². The first-order valence-electron chi connectivity index (χ1n) is 6.34. The Bertz CT molecular complexity index is 684. The van der Waals surface area contributed by atoms with Gasteiger partial charge in [-0.25, -0.2) is 4.79 Å². The zero-order valence-electron chi connectivity index (χ0n) is 11.8. The van der Waals surface area contributed by atoms with Crippen LogP contribution in [0.5, 0.6) is 11.5 Å². The van der Waals surface area contributed by atoms with Crippen LogP contribution in [0.4, 0.5) is 4.79 Å². The molecule has 1 atom stereocenters. The highest BCUT2D eigenvalue weighted by molar-refractivity contribution is 5.95. The first kappa shape index (κ1) is 14.6. The summed E-state index contributed by atoms with van der Waals surface area (Å²) < 4.78 is 10.7. The summed E-state index contributed by atoms with van der Waals surface area (Å²) in [6, 6.07) is 10.2. The number of benzene rings is 2. The van der Waals surface area contributed by atoms with E-state index in [1.807, 2.05) is 29.6 Å². The summed E-state index contributed by atoms with van der Waals surface area (Å²) >= 11 is 0. The van der Waals surface area contributed by atoms with E-state index in [-0.39, 0.29) is 0 Å². The van der Waals surface area contributed by atoms with Gasteiger partial charge in [-0.2, -0.15) is 0 Å². The van der Waals surface area contributed by atoms with Crippen molar-refractivity contribution >= 4 is 22.7 Å². The molecule has 6 nitrogen and oxygen atoms in total. The molecule has 2 aromatic carbocycles. The van der Waals surface area contributed by atoms with Crippen molar-refractivity contribution in [2.24, 2.45) is 5.73 Å². The molecule has 0 unspecified atom stereocenters. The lowest BCUT2D eigenvalue weighted by molar-refractivity contribution is -0.126. The molecule has 3 amide bonds. The van der Waals surface area contributed by atoms with Crippen molar-refractivity contribution in [3.63, 3.8) is 0 Å². The number of amides is 3. The van der Waals surface area contributed by atoms with Crippen molar-refractivity contribution in [2.45, 2.75) is 13.0 Å². The third kappa shape index (κ3) is 3.62. The van der Waals surface area contributed by atoms with E-state index in [2.05, 4.69) is 0 Å². The molecule has 0 aromatic heterocycles. The summed E-state index contributed by atoms with van der Waals surface area (Å²) in [4.78, 5) is 22.2. The average Bonchev–Trinajstić information content (AvgIpc) is 2.45. The lowest BCUT2D eigenvalue weighted by Crippen LogP contribution is -2.42. The van der Waals surface area contributed by atoms with Crippen molar-refractivity contribution in [1.82, 2.24) is 5.32 Å². The molecule has 0 aliphatic rings. The molecule has 0 saturated carbocycles. The summed E-state index contributed by atoms with van der Waals surface area (Å²) in [5, 5.41) is 3.92. The number of nitrogens with one attached hydrogen (secondary N) is 1. The van der Waals surface area contributed by atoms with Crippen molar-refractivity contribution < 1.29 is 19.1 Å². The van der Waals surface area contributed by atoms with Gasteiger partial charge in [-0.05, 0) is 42.0 Å². The van der Waals surface area contributed by atoms with E-state index in [1.54, 1.807) is 19.2 Å². The standard InChI is InChI=1S/C15H16N2O4/c1-9(14(18)17-15(16)19)21-13-6-4-10-3-5-12(20-2)7-11(10)8-13/h3-9H,1-2H3,(H3,16,17,18,19)/t9-/m0/s1. The molecule has 0 heterocycles. The summed E-state index contributed by atoms with van der Waals surface area (Å²) in [6.07, 6.45) is -0.833. The fraction of sp³-hybridized carbons (Fsp3) is 0.200. The third-order valence-corrected chi connectivity index (χ3v) is 2.95. The normalized spacial score (nSPS) is 11.7. The highest BCUT2D eigenvalue weighted by Gasteiger charge is 2.16. The minimum Gasteiger partial charge on any atom is -0.497 e. The Morgan fingerprint density at radius 2 is 1.71 bits per heavy atom. The van der Waals surface area contributed by atoms with E-state index in [9.17, 15) is 9.59 Å². The van der Waals surface area contributed by atoms with E-state index in [4.69, 9.17) is 15.2 Å². The molecule has 21 heavy (non-hydrogen) atoms. The van der Waals surface area contributed by atoms with Gasteiger partial charge >= 0.3 is 6.03 Å². The SMILES string of the molecule is COc1ccc2ccc(O[C@@H](C)C(=O)NC(N)=O)cc2c1. The highest BCUT2D eigenvalue weighted by atomic mass is 16.5. The van der Waals surface area contributed by atoms with E-state index in [0.717, 1.165) is 16.5 Å². The number of fused-ring (bicyclic) bond motifs is 1. The molecule has 0 bridgehead atoms. The van der Waals surface area contributed by atoms with Crippen LogP contribution in [0.15, 0.2) is 36.4 Å². The van der Waals surface area contributed by atoms with E-state index < -0.39 is 18.0 Å². The molecular weight excluding hydrogens is 272 g/mol. The number of carbonyl (C=O) groups is 2. The van der Waals surface area contributed by atoms with Gasteiger partial charge in [0, 0.05) is 0 Å². The van der Waals surface area contributed by atoms with Gasteiger partial charge in [0.15, 0.2) is 6.10 Å².